The van der Waals surface area contributed by atoms with Gasteiger partial charge < -0.3 is 13.6 Å². The molecule has 4 heterocycles. The van der Waals surface area contributed by atoms with Crippen LogP contribution in [0.2, 0.25) is 0 Å². The number of nitrogens with zero attached hydrogens (tertiary/aromatic N) is 4. The Hall–Kier alpha value is -7.76. The van der Waals surface area contributed by atoms with E-state index in [2.05, 4.69) is 185 Å². The van der Waals surface area contributed by atoms with E-state index in [1.165, 1.54) is 21.5 Å². The molecule has 57 heavy (non-hydrogen) atoms. The minimum Gasteiger partial charge on any atom is -0.454 e. The maximum atomic E-state index is 7.07. The number of benzene rings is 8. The van der Waals surface area contributed by atoms with Crippen LogP contribution in [0, 0.1) is 0 Å². The smallest absolute Gasteiger partial charge is 0.162 e. The lowest BCUT2D eigenvalue weighted by atomic mass is 10.0. The topological polar surface area (TPSA) is 48.8 Å². The Labute approximate surface area is 327 Å². The second-order valence-electron chi connectivity index (χ2n) is 14.5. The van der Waals surface area contributed by atoms with Gasteiger partial charge in [-0.15, -0.1) is 0 Å². The van der Waals surface area contributed by atoms with E-state index in [0.717, 1.165) is 83.5 Å². The van der Waals surface area contributed by atoms with Crippen LogP contribution in [0.5, 0.6) is 0 Å². The highest BCUT2D eigenvalue weighted by Crippen LogP contribution is 2.47. The largest absolute Gasteiger partial charge is 0.454 e. The predicted octanol–water partition coefficient (Wildman–Crippen LogP) is 13.6. The minimum absolute atomic E-state index is 0.626. The molecular formula is C52H32N4O. The zero-order chi connectivity index (χ0) is 37.5. The van der Waals surface area contributed by atoms with Crippen LogP contribution in [0.4, 0.5) is 0 Å². The number of furan rings is 1. The number of hydrogen-bond donors (Lipinski definition) is 0. The molecule has 266 valence electrons. The molecule has 0 saturated carbocycles. The fraction of sp³-hybridized carbons (Fsp3) is 0. The lowest BCUT2D eigenvalue weighted by molar-refractivity contribution is 0.666. The van der Waals surface area contributed by atoms with Crippen LogP contribution in [-0.4, -0.2) is 19.1 Å². The van der Waals surface area contributed by atoms with Gasteiger partial charge in [0, 0.05) is 49.0 Å². The Morgan fingerprint density at radius 3 is 1.25 bits per heavy atom. The Kier molecular flexibility index (Phi) is 6.86. The van der Waals surface area contributed by atoms with E-state index < -0.39 is 0 Å². The third-order valence-corrected chi connectivity index (χ3v) is 11.3. The standard InChI is InChI=1S/C52H32N4O/c1-3-17-33(18-4-1)42-32-43(34-19-5-2-6-20-34)54-52(53-42)41-31-40-39-25-11-16-30-48(39)57-51(40)50(56-46-28-14-9-23-37(46)38-24-10-15-29-47(38)56)49(41)55-44-26-12-7-21-35(44)36-22-8-13-27-45(36)55/h1-32H. The van der Waals surface area contributed by atoms with Gasteiger partial charge in [0.15, 0.2) is 11.4 Å². The van der Waals surface area contributed by atoms with Crippen LogP contribution in [0.1, 0.15) is 0 Å². The van der Waals surface area contributed by atoms with Crippen molar-refractivity contribution >= 4 is 65.6 Å². The number of rotatable bonds is 5. The second-order valence-corrected chi connectivity index (χ2v) is 14.5. The van der Waals surface area contributed by atoms with E-state index in [4.69, 9.17) is 14.4 Å². The highest BCUT2D eigenvalue weighted by atomic mass is 16.3. The number of para-hydroxylation sites is 5. The predicted molar refractivity (Wildman–Crippen MR) is 234 cm³/mol. The molecule has 0 aliphatic rings. The molecule has 4 aromatic heterocycles. The summed E-state index contributed by atoms with van der Waals surface area (Å²) in [5.41, 5.74) is 12.5. The van der Waals surface area contributed by atoms with E-state index in [-0.39, 0.29) is 0 Å². The molecule has 0 amide bonds. The van der Waals surface area contributed by atoms with Gasteiger partial charge in [0.1, 0.15) is 11.3 Å². The van der Waals surface area contributed by atoms with Gasteiger partial charge in [0.05, 0.1) is 39.1 Å². The summed E-state index contributed by atoms with van der Waals surface area (Å²) < 4.78 is 11.9. The van der Waals surface area contributed by atoms with Crippen molar-refractivity contribution in [3.8, 4) is 45.3 Å². The van der Waals surface area contributed by atoms with Gasteiger partial charge in [0.2, 0.25) is 0 Å². The van der Waals surface area contributed by atoms with E-state index in [0.29, 0.717) is 5.82 Å². The van der Waals surface area contributed by atoms with Gasteiger partial charge >= 0.3 is 0 Å². The van der Waals surface area contributed by atoms with Crippen molar-refractivity contribution in [2.24, 2.45) is 0 Å². The van der Waals surface area contributed by atoms with Gasteiger partial charge in [-0.1, -0.05) is 152 Å². The monoisotopic (exact) mass is 728 g/mol. The lowest BCUT2D eigenvalue weighted by Crippen LogP contribution is -2.08. The highest BCUT2D eigenvalue weighted by molar-refractivity contribution is 6.17. The van der Waals surface area contributed by atoms with Crippen LogP contribution in [-0.2, 0) is 0 Å². The minimum atomic E-state index is 0.626. The number of fused-ring (bicyclic) bond motifs is 9. The molecule has 5 heteroatoms. The fourth-order valence-electron chi connectivity index (χ4n) is 8.84. The van der Waals surface area contributed by atoms with E-state index in [1.807, 2.05) is 18.2 Å². The summed E-state index contributed by atoms with van der Waals surface area (Å²) in [5, 5.41) is 6.71. The normalized spacial score (nSPS) is 11.9. The first-order chi connectivity index (χ1) is 28.3. The first-order valence-corrected chi connectivity index (χ1v) is 19.3. The molecule has 0 aliphatic carbocycles. The first-order valence-electron chi connectivity index (χ1n) is 19.3. The van der Waals surface area contributed by atoms with Crippen molar-refractivity contribution in [3.63, 3.8) is 0 Å². The van der Waals surface area contributed by atoms with Crippen molar-refractivity contribution in [2.45, 2.75) is 0 Å². The third kappa shape index (κ3) is 4.76. The van der Waals surface area contributed by atoms with Crippen molar-refractivity contribution in [3.05, 3.63) is 194 Å². The van der Waals surface area contributed by atoms with Crippen LogP contribution >= 0.6 is 0 Å². The van der Waals surface area contributed by atoms with Crippen LogP contribution in [0.15, 0.2) is 199 Å². The Balaban J connectivity index is 1.34. The van der Waals surface area contributed by atoms with Crippen molar-refractivity contribution in [1.82, 2.24) is 19.1 Å². The summed E-state index contributed by atoms with van der Waals surface area (Å²) in [5.74, 6) is 0.626. The molecule has 0 N–H and O–H groups in total. The molecule has 0 atom stereocenters. The Morgan fingerprint density at radius 1 is 0.351 bits per heavy atom. The fourth-order valence-corrected chi connectivity index (χ4v) is 8.84. The molecule has 0 fully saturated rings. The molecular weight excluding hydrogens is 697 g/mol. The maximum Gasteiger partial charge on any atom is 0.162 e. The third-order valence-electron chi connectivity index (χ3n) is 11.3. The molecule has 0 radical (unpaired) electrons. The van der Waals surface area contributed by atoms with E-state index in [9.17, 15) is 0 Å². The average molecular weight is 729 g/mol. The molecule has 8 aromatic carbocycles. The molecule has 0 aliphatic heterocycles. The maximum absolute atomic E-state index is 7.07. The van der Waals surface area contributed by atoms with Crippen molar-refractivity contribution in [2.75, 3.05) is 0 Å². The second kappa shape index (κ2) is 12.4. The van der Waals surface area contributed by atoms with Crippen LogP contribution in [0.25, 0.3) is 111 Å². The molecule has 0 saturated heterocycles. The van der Waals surface area contributed by atoms with Crippen molar-refractivity contribution < 1.29 is 4.42 Å². The first kappa shape index (κ1) is 31.6. The van der Waals surface area contributed by atoms with Gasteiger partial charge in [0.25, 0.3) is 0 Å². The summed E-state index contributed by atoms with van der Waals surface area (Å²) in [6.07, 6.45) is 0. The van der Waals surface area contributed by atoms with Crippen LogP contribution in [0.3, 0.4) is 0 Å². The lowest BCUT2D eigenvalue weighted by Gasteiger charge is -2.21. The zero-order valence-corrected chi connectivity index (χ0v) is 30.7. The van der Waals surface area contributed by atoms with E-state index in [1.54, 1.807) is 0 Å². The van der Waals surface area contributed by atoms with Crippen LogP contribution < -0.4 is 0 Å². The Bertz CT molecular complexity index is 3360. The summed E-state index contributed by atoms with van der Waals surface area (Å²) >= 11 is 0. The van der Waals surface area contributed by atoms with Gasteiger partial charge in [-0.05, 0) is 42.5 Å². The number of hydrogen-bond acceptors (Lipinski definition) is 3. The molecule has 0 bridgehead atoms. The Morgan fingerprint density at radius 2 is 0.754 bits per heavy atom. The quantitative estimate of drug-likeness (QED) is 0.177. The highest BCUT2D eigenvalue weighted by Gasteiger charge is 2.29. The summed E-state index contributed by atoms with van der Waals surface area (Å²) in [6, 6.07) is 68.2. The number of aromatic nitrogens is 4. The summed E-state index contributed by atoms with van der Waals surface area (Å²) in [6.45, 7) is 0. The van der Waals surface area contributed by atoms with E-state index >= 15 is 0 Å². The van der Waals surface area contributed by atoms with Gasteiger partial charge in [-0.3, -0.25) is 0 Å². The van der Waals surface area contributed by atoms with Gasteiger partial charge in [-0.25, -0.2) is 9.97 Å². The average Bonchev–Trinajstić information content (AvgIpc) is 3.94. The molecule has 12 rings (SSSR count). The molecule has 0 unspecified atom stereocenters. The van der Waals surface area contributed by atoms with Crippen molar-refractivity contribution in [1.29, 1.82) is 0 Å². The molecule has 12 aromatic rings. The molecule has 0 spiro atoms. The van der Waals surface area contributed by atoms with Gasteiger partial charge in [-0.2, -0.15) is 0 Å². The summed E-state index contributed by atoms with van der Waals surface area (Å²) in [4.78, 5) is 11.0. The molecule has 5 nitrogen and oxygen atoms in total. The SMILES string of the molecule is c1ccc(-c2cc(-c3ccccc3)nc(-c3cc4c(oc5ccccc54)c(-n4c5ccccc5c5ccccc54)c3-n3c4ccccc4c4ccccc43)n2)cc1. The summed E-state index contributed by atoms with van der Waals surface area (Å²) in [7, 11) is 0. The zero-order valence-electron chi connectivity index (χ0n) is 30.7.